The predicted molar refractivity (Wildman–Crippen MR) is 63.7 cm³/mol. The minimum Gasteiger partial charge on any atom is -0.309 e. The molecule has 0 fully saturated rings. The Labute approximate surface area is 90.5 Å². The summed E-state index contributed by atoms with van der Waals surface area (Å²) < 4.78 is 0. The van der Waals surface area contributed by atoms with E-state index in [0.29, 0.717) is 6.04 Å². The Hall–Kier alpha value is -0.540. The molecule has 0 aliphatic heterocycles. The molecule has 78 valence electrons. The predicted octanol–water partition coefficient (Wildman–Crippen LogP) is 2.49. The van der Waals surface area contributed by atoms with Gasteiger partial charge in [0.2, 0.25) is 0 Å². The minimum absolute atomic E-state index is 0.443. The number of nitrogens with zero attached hydrogens (tertiary/aromatic N) is 1. The highest BCUT2D eigenvalue weighted by atomic mass is 32.2. The summed E-state index contributed by atoms with van der Waals surface area (Å²) in [5.74, 6) is 1.10. The number of thioether (sulfide) groups is 1. The van der Waals surface area contributed by atoms with Crippen molar-refractivity contribution in [2.75, 3.05) is 18.6 Å². The van der Waals surface area contributed by atoms with Crippen LogP contribution in [0.1, 0.15) is 24.9 Å². The van der Waals surface area contributed by atoms with Crippen molar-refractivity contribution in [2.24, 2.45) is 0 Å². The maximum atomic E-state index is 4.15. The second kappa shape index (κ2) is 6.85. The van der Waals surface area contributed by atoms with Crippen LogP contribution in [-0.4, -0.2) is 23.5 Å². The van der Waals surface area contributed by atoms with Gasteiger partial charge in [0.05, 0.1) is 0 Å². The highest BCUT2D eigenvalue weighted by Crippen LogP contribution is 2.15. The second-order valence-corrected chi connectivity index (χ2v) is 4.16. The average Bonchev–Trinajstić information content (AvgIpc) is 2.25. The summed E-state index contributed by atoms with van der Waals surface area (Å²) in [6.07, 6.45) is 7.07. The molecule has 0 bridgehead atoms. The molecule has 1 atom stereocenters. The number of aromatic nitrogens is 1. The summed E-state index contributed by atoms with van der Waals surface area (Å²) >= 11 is 1.86. The first-order valence-electron chi connectivity index (χ1n) is 5.00. The topological polar surface area (TPSA) is 24.9 Å². The van der Waals surface area contributed by atoms with Crippen LogP contribution in [0.2, 0.25) is 0 Å². The van der Waals surface area contributed by atoms with Gasteiger partial charge in [-0.3, -0.25) is 4.98 Å². The maximum Gasteiger partial charge on any atom is 0.0427 e. The van der Waals surface area contributed by atoms with E-state index in [4.69, 9.17) is 0 Å². The van der Waals surface area contributed by atoms with Crippen LogP contribution in [0.15, 0.2) is 24.5 Å². The van der Waals surface area contributed by atoms with Gasteiger partial charge < -0.3 is 5.32 Å². The largest absolute Gasteiger partial charge is 0.309 e. The van der Waals surface area contributed by atoms with Crippen molar-refractivity contribution in [3.05, 3.63) is 30.1 Å². The third-order valence-corrected chi connectivity index (χ3v) is 2.73. The summed E-state index contributed by atoms with van der Waals surface area (Å²) in [7, 11) is 0. The molecule has 14 heavy (non-hydrogen) atoms. The van der Waals surface area contributed by atoms with Crippen LogP contribution in [0, 0.1) is 0 Å². The van der Waals surface area contributed by atoms with Crippen molar-refractivity contribution in [3.8, 4) is 0 Å². The molecule has 1 N–H and O–H groups in total. The van der Waals surface area contributed by atoms with E-state index >= 15 is 0 Å². The van der Waals surface area contributed by atoms with Gasteiger partial charge in [0.25, 0.3) is 0 Å². The van der Waals surface area contributed by atoms with Crippen molar-refractivity contribution in [1.29, 1.82) is 0 Å². The fraction of sp³-hybridized carbons (Fsp3) is 0.545. The molecule has 1 heterocycles. The van der Waals surface area contributed by atoms with Gasteiger partial charge in [-0.25, -0.2) is 0 Å². The first-order chi connectivity index (χ1) is 6.88. The van der Waals surface area contributed by atoms with E-state index in [-0.39, 0.29) is 0 Å². The number of pyridine rings is 1. The van der Waals surface area contributed by atoms with Crippen LogP contribution in [0.5, 0.6) is 0 Å². The Kier molecular flexibility index (Phi) is 5.64. The molecule has 0 saturated carbocycles. The molecule has 2 nitrogen and oxygen atoms in total. The van der Waals surface area contributed by atoms with Crippen LogP contribution in [0.3, 0.4) is 0 Å². The first kappa shape index (κ1) is 11.5. The molecular formula is C11H18N2S. The zero-order valence-electron chi connectivity index (χ0n) is 8.86. The van der Waals surface area contributed by atoms with Crippen LogP contribution in [0.25, 0.3) is 0 Å². The van der Waals surface area contributed by atoms with Gasteiger partial charge in [0.1, 0.15) is 0 Å². The smallest absolute Gasteiger partial charge is 0.0427 e. The third-order valence-electron chi connectivity index (χ3n) is 2.06. The SMILES string of the molecule is CCCNC(CSC)c1cccnc1. The molecule has 0 spiro atoms. The number of rotatable bonds is 6. The summed E-state index contributed by atoms with van der Waals surface area (Å²) in [6.45, 7) is 3.26. The monoisotopic (exact) mass is 210 g/mol. The standard InChI is InChI=1S/C11H18N2S/c1-3-6-13-11(9-14-2)10-5-4-7-12-8-10/h4-5,7-8,11,13H,3,6,9H2,1-2H3. The van der Waals surface area contributed by atoms with Gasteiger partial charge in [-0.15, -0.1) is 0 Å². The Morgan fingerprint density at radius 1 is 1.57 bits per heavy atom. The van der Waals surface area contributed by atoms with E-state index < -0.39 is 0 Å². The molecule has 3 heteroatoms. The number of hydrogen-bond donors (Lipinski definition) is 1. The van der Waals surface area contributed by atoms with Gasteiger partial charge in [-0.2, -0.15) is 11.8 Å². The van der Waals surface area contributed by atoms with E-state index in [2.05, 4.69) is 29.5 Å². The molecule has 0 radical (unpaired) electrons. The summed E-state index contributed by atoms with van der Waals surface area (Å²) in [6, 6.07) is 4.57. The molecule has 1 aromatic heterocycles. The van der Waals surface area contributed by atoms with Gasteiger partial charge in [0.15, 0.2) is 0 Å². The molecular weight excluding hydrogens is 192 g/mol. The lowest BCUT2D eigenvalue weighted by Crippen LogP contribution is -2.24. The Bertz CT molecular complexity index is 238. The summed E-state index contributed by atoms with van der Waals surface area (Å²) in [5.41, 5.74) is 1.29. The highest BCUT2D eigenvalue weighted by molar-refractivity contribution is 7.98. The van der Waals surface area contributed by atoms with Crippen molar-refractivity contribution < 1.29 is 0 Å². The molecule has 0 aliphatic carbocycles. The van der Waals surface area contributed by atoms with E-state index in [9.17, 15) is 0 Å². The van der Waals surface area contributed by atoms with E-state index in [0.717, 1.165) is 12.3 Å². The lowest BCUT2D eigenvalue weighted by Gasteiger charge is -2.17. The van der Waals surface area contributed by atoms with Crippen molar-refractivity contribution in [1.82, 2.24) is 10.3 Å². The quantitative estimate of drug-likeness (QED) is 0.781. The second-order valence-electron chi connectivity index (χ2n) is 3.25. The Morgan fingerprint density at radius 3 is 3.00 bits per heavy atom. The van der Waals surface area contributed by atoms with Gasteiger partial charge in [-0.1, -0.05) is 13.0 Å². The third kappa shape index (κ3) is 3.68. The van der Waals surface area contributed by atoms with Crippen LogP contribution >= 0.6 is 11.8 Å². The van der Waals surface area contributed by atoms with Gasteiger partial charge >= 0.3 is 0 Å². The van der Waals surface area contributed by atoms with E-state index in [1.807, 2.05) is 30.2 Å². The Balaban J connectivity index is 2.58. The van der Waals surface area contributed by atoms with E-state index in [1.54, 1.807) is 0 Å². The van der Waals surface area contributed by atoms with Crippen molar-refractivity contribution in [2.45, 2.75) is 19.4 Å². The minimum atomic E-state index is 0.443. The number of nitrogens with one attached hydrogen (secondary N) is 1. The molecule has 0 saturated heterocycles. The molecule has 0 amide bonds. The maximum absolute atomic E-state index is 4.15. The van der Waals surface area contributed by atoms with Gasteiger partial charge in [-0.05, 0) is 30.9 Å². The molecule has 1 unspecified atom stereocenters. The zero-order chi connectivity index (χ0) is 10.2. The number of hydrogen-bond acceptors (Lipinski definition) is 3. The summed E-state index contributed by atoms with van der Waals surface area (Å²) in [4.78, 5) is 4.15. The van der Waals surface area contributed by atoms with Crippen molar-refractivity contribution >= 4 is 11.8 Å². The molecule has 0 aliphatic rings. The lowest BCUT2D eigenvalue weighted by atomic mass is 10.1. The Morgan fingerprint density at radius 2 is 2.43 bits per heavy atom. The normalized spacial score (nSPS) is 12.7. The summed E-state index contributed by atoms with van der Waals surface area (Å²) in [5, 5.41) is 3.53. The zero-order valence-corrected chi connectivity index (χ0v) is 9.68. The van der Waals surface area contributed by atoms with Crippen LogP contribution in [0.4, 0.5) is 0 Å². The fourth-order valence-corrected chi connectivity index (χ4v) is 1.98. The molecule has 1 rings (SSSR count). The van der Waals surface area contributed by atoms with Crippen LogP contribution < -0.4 is 5.32 Å². The molecule has 0 aromatic carbocycles. The highest BCUT2D eigenvalue weighted by Gasteiger charge is 2.08. The fourth-order valence-electron chi connectivity index (χ4n) is 1.34. The molecule has 1 aromatic rings. The lowest BCUT2D eigenvalue weighted by molar-refractivity contribution is 0.576. The van der Waals surface area contributed by atoms with Crippen molar-refractivity contribution in [3.63, 3.8) is 0 Å². The van der Waals surface area contributed by atoms with E-state index in [1.165, 1.54) is 12.0 Å². The van der Waals surface area contributed by atoms with Crippen LogP contribution in [-0.2, 0) is 0 Å². The van der Waals surface area contributed by atoms with Gasteiger partial charge in [0, 0.05) is 24.2 Å². The average molecular weight is 210 g/mol. The first-order valence-corrected chi connectivity index (χ1v) is 6.40.